The first-order valence-electron chi connectivity index (χ1n) is 8.24. The molecule has 1 aliphatic rings. The van der Waals surface area contributed by atoms with Gasteiger partial charge in [0.15, 0.2) is 0 Å². The first-order chi connectivity index (χ1) is 12.0. The first-order valence-corrected chi connectivity index (χ1v) is 9.79. The zero-order chi connectivity index (χ0) is 17.8. The Bertz CT molecular complexity index is 769. The second kappa shape index (κ2) is 8.54. The molecule has 0 saturated carbocycles. The fourth-order valence-corrected chi connectivity index (χ4v) is 3.98. The number of likely N-dealkylation sites (tertiary alicyclic amines) is 1. The highest BCUT2D eigenvalue weighted by atomic mass is 79.9. The largest absolute Gasteiger partial charge is 0.326 e. The third-order valence-corrected chi connectivity index (χ3v) is 5.46. The molecule has 3 rings (SSSR count). The molecule has 25 heavy (non-hydrogen) atoms. The van der Waals surface area contributed by atoms with Crippen LogP contribution < -0.4 is 5.32 Å². The highest BCUT2D eigenvalue weighted by Crippen LogP contribution is 2.25. The van der Waals surface area contributed by atoms with Crippen LogP contribution in [0, 0.1) is 5.92 Å². The molecule has 1 heterocycles. The molecule has 0 aromatic heterocycles. The Morgan fingerprint density at radius 2 is 2.08 bits per heavy atom. The van der Waals surface area contributed by atoms with Crippen LogP contribution >= 0.6 is 39.1 Å². The summed E-state index contributed by atoms with van der Waals surface area (Å²) < 4.78 is 0.952. The van der Waals surface area contributed by atoms with E-state index in [2.05, 4.69) is 26.1 Å². The van der Waals surface area contributed by atoms with Gasteiger partial charge in [-0.1, -0.05) is 51.3 Å². The van der Waals surface area contributed by atoms with Crippen LogP contribution in [0.2, 0.25) is 10.0 Å². The van der Waals surface area contributed by atoms with Gasteiger partial charge in [-0.15, -0.1) is 0 Å². The summed E-state index contributed by atoms with van der Waals surface area (Å²) in [7, 11) is 0. The second-order valence-corrected chi connectivity index (χ2v) is 8.07. The van der Waals surface area contributed by atoms with Gasteiger partial charge in [0.25, 0.3) is 0 Å². The van der Waals surface area contributed by atoms with E-state index in [9.17, 15) is 4.79 Å². The number of rotatable bonds is 4. The zero-order valence-electron chi connectivity index (χ0n) is 13.6. The Morgan fingerprint density at radius 1 is 1.24 bits per heavy atom. The monoisotopic (exact) mass is 440 g/mol. The lowest BCUT2D eigenvalue weighted by Crippen LogP contribution is -2.40. The van der Waals surface area contributed by atoms with Crippen molar-refractivity contribution >= 4 is 50.7 Å². The first kappa shape index (κ1) is 18.7. The average Bonchev–Trinajstić information content (AvgIpc) is 2.58. The molecule has 3 nitrogen and oxygen atoms in total. The van der Waals surface area contributed by atoms with Crippen molar-refractivity contribution in [3.8, 4) is 0 Å². The summed E-state index contributed by atoms with van der Waals surface area (Å²) in [5.74, 6) is 0.0591. The molecular formula is C19H19BrCl2N2O. The van der Waals surface area contributed by atoms with E-state index in [1.165, 1.54) is 0 Å². The molecule has 132 valence electrons. The number of piperidine rings is 1. The number of amides is 1. The third-order valence-electron chi connectivity index (χ3n) is 4.38. The Balaban J connectivity index is 1.61. The fraction of sp³-hybridized carbons (Fsp3) is 0.316. The topological polar surface area (TPSA) is 32.3 Å². The van der Waals surface area contributed by atoms with Crippen molar-refractivity contribution in [1.82, 2.24) is 4.90 Å². The summed E-state index contributed by atoms with van der Waals surface area (Å²) in [6.45, 7) is 2.44. The van der Waals surface area contributed by atoms with E-state index < -0.39 is 0 Å². The van der Waals surface area contributed by atoms with E-state index in [4.69, 9.17) is 23.2 Å². The quantitative estimate of drug-likeness (QED) is 0.668. The summed E-state index contributed by atoms with van der Waals surface area (Å²) in [4.78, 5) is 14.9. The van der Waals surface area contributed by atoms with Gasteiger partial charge in [0, 0.05) is 33.3 Å². The number of hydrogen-bond donors (Lipinski definition) is 1. The molecule has 1 amide bonds. The van der Waals surface area contributed by atoms with Crippen molar-refractivity contribution in [2.45, 2.75) is 19.4 Å². The van der Waals surface area contributed by atoms with Crippen molar-refractivity contribution in [3.63, 3.8) is 0 Å². The maximum absolute atomic E-state index is 12.6. The number of halogens is 3. The molecule has 1 fully saturated rings. The van der Waals surface area contributed by atoms with Crippen LogP contribution in [-0.2, 0) is 11.3 Å². The summed E-state index contributed by atoms with van der Waals surface area (Å²) in [6, 6.07) is 13.2. The van der Waals surface area contributed by atoms with Crippen molar-refractivity contribution in [2.75, 3.05) is 18.4 Å². The molecule has 0 bridgehead atoms. The minimum Gasteiger partial charge on any atom is -0.326 e. The van der Waals surface area contributed by atoms with Gasteiger partial charge in [-0.3, -0.25) is 9.69 Å². The van der Waals surface area contributed by atoms with Crippen LogP contribution in [0.4, 0.5) is 5.69 Å². The van der Waals surface area contributed by atoms with Gasteiger partial charge in [0.2, 0.25) is 5.91 Å². The minimum atomic E-state index is -0.0150. The Morgan fingerprint density at radius 3 is 2.84 bits per heavy atom. The van der Waals surface area contributed by atoms with Gasteiger partial charge >= 0.3 is 0 Å². The number of anilines is 1. The molecule has 0 spiro atoms. The lowest BCUT2D eigenvalue weighted by molar-refractivity contribution is -0.121. The van der Waals surface area contributed by atoms with E-state index >= 15 is 0 Å². The number of nitrogens with one attached hydrogen (secondary N) is 1. The fourth-order valence-electron chi connectivity index (χ4n) is 3.11. The van der Waals surface area contributed by atoms with Crippen molar-refractivity contribution < 1.29 is 4.79 Å². The van der Waals surface area contributed by atoms with Gasteiger partial charge in [-0.05, 0) is 55.3 Å². The number of carbonyl (C=O) groups is 1. The van der Waals surface area contributed by atoms with E-state index in [1.807, 2.05) is 36.4 Å². The Hall–Kier alpha value is -1.07. The van der Waals surface area contributed by atoms with Crippen LogP contribution in [0.3, 0.4) is 0 Å². The lowest BCUT2D eigenvalue weighted by atomic mass is 9.96. The normalized spacial score (nSPS) is 18.1. The Labute approximate surface area is 166 Å². The molecule has 0 radical (unpaired) electrons. The van der Waals surface area contributed by atoms with Crippen LogP contribution in [0.5, 0.6) is 0 Å². The van der Waals surface area contributed by atoms with Crippen LogP contribution in [0.15, 0.2) is 46.9 Å². The van der Waals surface area contributed by atoms with Gasteiger partial charge in [-0.2, -0.15) is 0 Å². The van der Waals surface area contributed by atoms with Crippen molar-refractivity contribution in [2.24, 2.45) is 5.92 Å². The maximum Gasteiger partial charge on any atom is 0.228 e. The average molecular weight is 442 g/mol. The van der Waals surface area contributed by atoms with Gasteiger partial charge in [0.05, 0.1) is 5.92 Å². The van der Waals surface area contributed by atoms with Gasteiger partial charge in [0.1, 0.15) is 0 Å². The standard InChI is InChI=1S/C19H19BrCl2N2O/c20-15-4-1-5-17(9-15)23-19(25)14-3-2-8-24(12-14)11-13-6-7-16(21)10-18(13)22/h1,4-7,9-10,14H,2-3,8,11-12H2,(H,23,25)/t14-/m1/s1. The van der Waals surface area contributed by atoms with Crippen LogP contribution in [0.25, 0.3) is 0 Å². The molecule has 1 aliphatic heterocycles. The molecule has 2 aromatic rings. The third kappa shape index (κ3) is 5.20. The molecular weight excluding hydrogens is 423 g/mol. The summed E-state index contributed by atoms with van der Waals surface area (Å²) in [6.07, 6.45) is 1.91. The zero-order valence-corrected chi connectivity index (χ0v) is 16.7. The SMILES string of the molecule is O=C(Nc1cccc(Br)c1)[C@@H]1CCCN(Cc2ccc(Cl)cc2Cl)C1. The van der Waals surface area contributed by atoms with Crippen LogP contribution in [0.1, 0.15) is 18.4 Å². The smallest absolute Gasteiger partial charge is 0.228 e. The van der Waals surface area contributed by atoms with Crippen molar-refractivity contribution in [3.05, 3.63) is 62.5 Å². The summed E-state index contributed by atoms with van der Waals surface area (Å²) in [5.41, 5.74) is 1.86. The second-order valence-electron chi connectivity index (χ2n) is 6.31. The van der Waals surface area contributed by atoms with E-state index in [-0.39, 0.29) is 11.8 Å². The van der Waals surface area contributed by atoms with Crippen LogP contribution in [-0.4, -0.2) is 23.9 Å². The molecule has 6 heteroatoms. The number of benzene rings is 2. The summed E-state index contributed by atoms with van der Waals surface area (Å²) in [5, 5.41) is 4.33. The molecule has 2 aromatic carbocycles. The van der Waals surface area contributed by atoms with E-state index in [0.717, 1.165) is 48.2 Å². The predicted octanol–water partition coefficient (Wildman–Crippen LogP) is 5.61. The molecule has 0 aliphatic carbocycles. The Kier molecular flexibility index (Phi) is 6.39. The molecule has 1 N–H and O–H groups in total. The number of hydrogen-bond acceptors (Lipinski definition) is 2. The number of carbonyl (C=O) groups excluding carboxylic acids is 1. The minimum absolute atomic E-state index is 0.0150. The molecule has 0 unspecified atom stereocenters. The predicted molar refractivity (Wildman–Crippen MR) is 107 cm³/mol. The molecule has 1 saturated heterocycles. The van der Waals surface area contributed by atoms with Gasteiger partial charge in [-0.25, -0.2) is 0 Å². The van der Waals surface area contributed by atoms with E-state index in [0.29, 0.717) is 10.0 Å². The van der Waals surface area contributed by atoms with Crippen molar-refractivity contribution in [1.29, 1.82) is 0 Å². The van der Waals surface area contributed by atoms with E-state index in [1.54, 1.807) is 6.07 Å². The highest BCUT2D eigenvalue weighted by Gasteiger charge is 2.26. The summed E-state index contributed by atoms with van der Waals surface area (Å²) >= 11 is 15.7. The highest BCUT2D eigenvalue weighted by molar-refractivity contribution is 9.10. The maximum atomic E-state index is 12.6. The number of nitrogens with zero attached hydrogens (tertiary/aromatic N) is 1. The lowest BCUT2D eigenvalue weighted by Gasteiger charge is -2.32. The molecule has 1 atom stereocenters. The van der Waals surface area contributed by atoms with Gasteiger partial charge < -0.3 is 5.32 Å².